The van der Waals surface area contributed by atoms with E-state index in [4.69, 9.17) is 23.2 Å². The van der Waals surface area contributed by atoms with E-state index in [9.17, 15) is 4.79 Å². The number of hydrogen-bond donors (Lipinski definition) is 2. The Morgan fingerprint density at radius 3 is 2.56 bits per heavy atom. The summed E-state index contributed by atoms with van der Waals surface area (Å²) in [6, 6.07) is 5.56. The lowest BCUT2D eigenvalue weighted by molar-refractivity contribution is -0.117. The third-order valence-electron chi connectivity index (χ3n) is 3.00. The van der Waals surface area contributed by atoms with Crippen LogP contribution in [0.2, 0.25) is 10.0 Å². The van der Waals surface area contributed by atoms with Gasteiger partial charge in [0.1, 0.15) is 0 Å². The fraction of sp³-hybridized carbons (Fsp3) is 0.417. The van der Waals surface area contributed by atoms with E-state index in [1.165, 1.54) is 0 Å². The van der Waals surface area contributed by atoms with E-state index in [2.05, 4.69) is 10.6 Å². The van der Waals surface area contributed by atoms with E-state index in [-0.39, 0.29) is 5.91 Å². The van der Waals surface area contributed by atoms with Gasteiger partial charge in [-0.15, -0.1) is 0 Å². The minimum absolute atomic E-state index is 0.112. The number of para-hydroxylation sites is 1. The largest absolute Gasteiger partial charge is 0.322 e. The molecule has 0 aliphatic carbocycles. The van der Waals surface area contributed by atoms with Crippen LogP contribution in [0.5, 0.6) is 0 Å². The minimum Gasteiger partial charge on any atom is -0.322 e. The number of nitrogens with one attached hydrogen (secondary N) is 2. The van der Waals surface area contributed by atoms with Crippen LogP contribution in [-0.4, -0.2) is 43.5 Å². The molecule has 1 fully saturated rings. The summed E-state index contributed by atoms with van der Waals surface area (Å²) in [4.78, 5) is 13.9. The molecule has 98 valence electrons. The number of carbonyl (C=O) groups excluding carboxylic acids is 1. The lowest BCUT2D eigenvalue weighted by Gasteiger charge is -2.35. The monoisotopic (exact) mass is 287 g/mol. The molecule has 0 spiro atoms. The summed E-state index contributed by atoms with van der Waals surface area (Å²) in [5.74, 6) is -0.112. The molecular weight excluding hydrogens is 273 g/mol. The second-order valence-electron chi connectivity index (χ2n) is 4.37. The normalized spacial score (nSPS) is 15.6. The number of hydrogen-bond acceptors (Lipinski definition) is 3. The fourth-order valence-corrected chi connectivity index (χ4v) is 2.23. The average Bonchev–Trinajstić information content (AvgIpc) is 2.21. The van der Waals surface area contributed by atoms with Gasteiger partial charge in [0.05, 0.1) is 22.3 Å². The van der Waals surface area contributed by atoms with Crippen molar-refractivity contribution >= 4 is 34.8 Å². The molecule has 0 radical (unpaired) electrons. The molecule has 0 saturated carbocycles. The van der Waals surface area contributed by atoms with Crippen molar-refractivity contribution in [2.45, 2.75) is 6.04 Å². The average molecular weight is 288 g/mol. The second-order valence-corrected chi connectivity index (χ2v) is 5.19. The minimum atomic E-state index is -0.112. The van der Waals surface area contributed by atoms with Crippen molar-refractivity contribution in [3.63, 3.8) is 0 Å². The predicted octanol–water partition coefficient (Wildman–Crippen LogP) is 1.84. The van der Waals surface area contributed by atoms with Crippen LogP contribution in [0.25, 0.3) is 0 Å². The van der Waals surface area contributed by atoms with E-state index < -0.39 is 0 Å². The number of amides is 1. The van der Waals surface area contributed by atoms with Gasteiger partial charge in [-0.2, -0.15) is 0 Å². The van der Waals surface area contributed by atoms with Crippen LogP contribution in [0, 0.1) is 0 Å². The maximum atomic E-state index is 11.9. The molecule has 1 aromatic rings. The number of benzene rings is 1. The zero-order chi connectivity index (χ0) is 13.1. The standard InChI is InChI=1S/C12H15Cl2N3O/c1-17(8-5-15-6-8)7-11(18)16-12-9(13)3-2-4-10(12)14/h2-4,8,15H,5-7H2,1H3,(H,16,18). The highest BCUT2D eigenvalue weighted by atomic mass is 35.5. The zero-order valence-electron chi connectivity index (χ0n) is 10.0. The number of carbonyl (C=O) groups is 1. The first-order valence-corrected chi connectivity index (χ1v) is 6.48. The van der Waals surface area contributed by atoms with Gasteiger partial charge < -0.3 is 10.6 Å². The van der Waals surface area contributed by atoms with Crippen LogP contribution in [0.3, 0.4) is 0 Å². The van der Waals surface area contributed by atoms with Crippen molar-refractivity contribution in [2.75, 3.05) is 32.0 Å². The van der Waals surface area contributed by atoms with Gasteiger partial charge in [0.15, 0.2) is 0 Å². The summed E-state index contributed by atoms with van der Waals surface area (Å²) in [5, 5.41) is 6.81. The number of likely N-dealkylation sites (N-methyl/N-ethyl adjacent to an activating group) is 1. The third-order valence-corrected chi connectivity index (χ3v) is 3.63. The van der Waals surface area contributed by atoms with E-state index >= 15 is 0 Å². The number of anilines is 1. The first kappa shape index (κ1) is 13.6. The van der Waals surface area contributed by atoms with Gasteiger partial charge in [-0.3, -0.25) is 9.69 Å². The summed E-state index contributed by atoms with van der Waals surface area (Å²) in [5.41, 5.74) is 0.478. The quantitative estimate of drug-likeness (QED) is 0.888. The van der Waals surface area contributed by atoms with E-state index in [0.29, 0.717) is 28.3 Å². The smallest absolute Gasteiger partial charge is 0.238 e. The molecule has 6 heteroatoms. The van der Waals surface area contributed by atoms with Crippen LogP contribution in [0.4, 0.5) is 5.69 Å². The Hall–Kier alpha value is -0.810. The molecule has 0 bridgehead atoms. The summed E-state index contributed by atoms with van der Waals surface area (Å²) >= 11 is 12.0. The number of halogens is 2. The van der Waals surface area contributed by atoms with Crippen LogP contribution in [0.15, 0.2) is 18.2 Å². The van der Waals surface area contributed by atoms with Gasteiger partial charge in [0.25, 0.3) is 0 Å². The Balaban J connectivity index is 1.94. The molecule has 2 rings (SSSR count). The maximum absolute atomic E-state index is 11.9. The Morgan fingerprint density at radius 1 is 1.44 bits per heavy atom. The van der Waals surface area contributed by atoms with Crippen LogP contribution < -0.4 is 10.6 Å². The number of nitrogens with zero attached hydrogens (tertiary/aromatic N) is 1. The van der Waals surface area contributed by atoms with Gasteiger partial charge in [0.2, 0.25) is 5.91 Å². The molecule has 1 aromatic carbocycles. The Labute approximate surface area is 116 Å². The van der Waals surface area contributed by atoms with Gasteiger partial charge in [0, 0.05) is 19.1 Å². The molecule has 2 N–H and O–H groups in total. The highest BCUT2D eigenvalue weighted by Crippen LogP contribution is 2.29. The predicted molar refractivity (Wildman–Crippen MR) is 74.4 cm³/mol. The van der Waals surface area contributed by atoms with Gasteiger partial charge >= 0.3 is 0 Å². The SMILES string of the molecule is CN(CC(=O)Nc1c(Cl)cccc1Cl)C1CNC1. The zero-order valence-corrected chi connectivity index (χ0v) is 11.6. The van der Waals surface area contributed by atoms with E-state index in [1.807, 2.05) is 11.9 Å². The van der Waals surface area contributed by atoms with Gasteiger partial charge in [-0.25, -0.2) is 0 Å². The lowest BCUT2D eigenvalue weighted by Crippen LogP contribution is -2.57. The van der Waals surface area contributed by atoms with E-state index in [1.54, 1.807) is 18.2 Å². The van der Waals surface area contributed by atoms with Crippen LogP contribution >= 0.6 is 23.2 Å². The summed E-state index contributed by atoms with van der Waals surface area (Å²) in [6.07, 6.45) is 0. The van der Waals surface area contributed by atoms with Crippen molar-refractivity contribution < 1.29 is 4.79 Å². The highest BCUT2D eigenvalue weighted by Gasteiger charge is 2.23. The van der Waals surface area contributed by atoms with Crippen LogP contribution in [-0.2, 0) is 4.79 Å². The van der Waals surface area contributed by atoms with Gasteiger partial charge in [-0.05, 0) is 19.2 Å². The molecule has 0 aromatic heterocycles. The molecule has 4 nitrogen and oxygen atoms in total. The van der Waals surface area contributed by atoms with E-state index in [0.717, 1.165) is 13.1 Å². The highest BCUT2D eigenvalue weighted by molar-refractivity contribution is 6.39. The lowest BCUT2D eigenvalue weighted by atomic mass is 10.1. The molecule has 1 aliphatic heterocycles. The molecule has 1 heterocycles. The number of rotatable bonds is 4. The maximum Gasteiger partial charge on any atom is 0.238 e. The Morgan fingerprint density at radius 2 is 2.06 bits per heavy atom. The van der Waals surface area contributed by atoms with Crippen molar-refractivity contribution in [2.24, 2.45) is 0 Å². The summed E-state index contributed by atoms with van der Waals surface area (Å²) in [6.45, 7) is 2.18. The Bertz CT molecular complexity index is 429. The third kappa shape index (κ3) is 3.14. The van der Waals surface area contributed by atoms with Gasteiger partial charge in [-0.1, -0.05) is 29.3 Å². The molecule has 18 heavy (non-hydrogen) atoms. The molecule has 1 amide bonds. The topological polar surface area (TPSA) is 44.4 Å². The summed E-state index contributed by atoms with van der Waals surface area (Å²) < 4.78 is 0. The first-order chi connectivity index (χ1) is 8.58. The molecular formula is C12H15Cl2N3O. The molecule has 0 atom stereocenters. The molecule has 1 saturated heterocycles. The second kappa shape index (κ2) is 5.89. The van der Waals surface area contributed by atoms with Crippen molar-refractivity contribution in [1.82, 2.24) is 10.2 Å². The Kier molecular flexibility index (Phi) is 4.45. The molecule has 0 unspecified atom stereocenters. The van der Waals surface area contributed by atoms with Crippen LogP contribution in [0.1, 0.15) is 0 Å². The fourth-order valence-electron chi connectivity index (χ4n) is 1.74. The van der Waals surface area contributed by atoms with Crippen molar-refractivity contribution in [3.05, 3.63) is 28.2 Å². The summed E-state index contributed by atoms with van der Waals surface area (Å²) in [7, 11) is 1.93. The first-order valence-electron chi connectivity index (χ1n) is 5.72. The molecule has 1 aliphatic rings. The van der Waals surface area contributed by atoms with Crippen molar-refractivity contribution in [3.8, 4) is 0 Å². The van der Waals surface area contributed by atoms with Crippen molar-refractivity contribution in [1.29, 1.82) is 0 Å².